The number of anilines is 1. The van der Waals surface area contributed by atoms with E-state index in [0.717, 1.165) is 12.0 Å². The van der Waals surface area contributed by atoms with Crippen LogP contribution in [0.15, 0.2) is 64.4 Å². The van der Waals surface area contributed by atoms with E-state index in [0.29, 0.717) is 34.8 Å². The fourth-order valence-corrected chi connectivity index (χ4v) is 6.12. The number of aryl methyl sites for hydroxylation is 1. The van der Waals surface area contributed by atoms with Crippen molar-refractivity contribution in [1.82, 2.24) is 9.38 Å². The number of nitrogens with zero attached hydrogens (tertiary/aromatic N) is 3. The van der Waals surface area contributed by atoms with Gasteiger partial charge in [-0.25, -0.2) is 8.42 Å². The summed E-state index contributed by atoms with van der Waals surface area (Å²) in [5.74, 6) is 0. The molecule has 0 atom stereocenters. The number of benzene rings is 2. The summed E-state index contributed by atoms with van der Waals surface area (Å²) in [6.07, 6.45) is 3.12. The maximum Gasteiger partial charge on any atom is 0.281 e. The van der Waals surface area contributed by atoms with E-state index in [1.54, 1.807) is 34.9 Å². The van der Waals surface area contributed by atoms with E-state index in [1.807, 2.05) is 12.1 Å². The molecule has 3 heterocycles. The normalized spacial score (nSPS) is 14.3. The molecule has 5 rings (SSSR count). The molecule has 0 bridgehead atoms. The first kappa shape index (κ1) is 19.4. The van der Waals surface area contributed by atoms with Crippen LogP contribution in [-0.2, 0) is 16.4 Å². The smallest absolute Gasteiger partial charge is 0.281 e. The van der Waals surface area contributed by atoms with Crippen LogP contribution in [0, 0.1) is 0 Å². The Labute approximate surface area is 182 Å². The SMILES string of the molecule is O=c1nc2ccc(Cl)cn2c2cc(Cl)c(S(=O)(=O)N3CCCc4ccccc43)cc12. The molecule has 0 radical (unpaired) electrons. The van der Waals surface area contributed by atoms with Crippen LogP contribution in [0.5, 0.6) is 0 Å². The van der Waals surface area contributed by atoms with E-state index in [4.69, 9.17) is 23.2 Å². The fourth-order valence-electron chi connectivity index (χ4n) is 3.89. The minimum absolute atomic E-state index is 0.0323. The van der Waals surface area contributed by atoms with Gasteiger partial charge in [0.1, 0.15) is 10.5 Å². The van der Waals surface area contributed by atoms with Gasteiger partial charge in [0.15, 0.2) is 0 Å². The van der Waals surface area contributed by atoms with Crippen molar-refractivity contribution in [2.24, 2.45) is 0 Å². The summed E-state index contributed by atoms with van der Waals surface area (Å²) in [5.41, 5.74) is 1.91. The van der Waals surface area contributed by atoms with E-state index in [2.05, 4.69) is 4.98 Å². The zero-order valence-corrected chi connectivity index (χ0v) is 17.9. The van der Waals surface area contributed by atoms with Crippen molar-refractivity contribution in [1.29, 1.82) is 0 Å². The lowest BCUT2D eigenvalue weighted by molar-refractivity contribution is 0.587. The predicted octanol–water partition coefficient (Wildman–Crippen LogP) is 4.30. The Kier molecular flexibility index (Phi) is 4.50. The van der Waals surface area contributed by atoms with Crippen LogP contribution >= 0.6 is 23.2 Å². The van der Waals surface area contributed by atoms with Crippen molar-refractivity contribution in [3.05, 3.63) is 80.7 Å². The molecule has 0 amide bonds. The molecule has 152 valence electrons. The monoisotopic (exact) mass is 459 g/mol. The summed E-state index contributed by atoms with van der Waals surface area (Å²) >= 11 is 12.5. The second kappa shape index (κ2) is 6.97. The molecule has 2 aromatic heterocycles. The average Bonchev–Trinajstić information content (AvgIpc) is 2.73. The van der Waals surface area contributed by atoms with Crippen molar-refractivity contribution >= 4 is 55.5 Å². The van der Waals surface area contributed by atoms with Gasteiger partial charge in [0.25, 0.3) is 15.6 Å². The predicted molar refractivity (Wildman–Crippen MR) is 118 cm³/mol. The fraction of sp³-hybridized carbons (Fsp3) is 0.143. The molecule has 0 fully saturated rings. The van der Waals surface area contributed by atoms with Crippen molar-refractivity contribution in [2.45, 2.75) is 17.7 Å². The van der Waals surface area contributed by atoms with Gasteiger partial charge in [-0.05, 0) is 48.7 Å². The van der Waals surface area contributed by atoms with E-state index < -0.39 is 15.6 Å². The Hall–Kier alpha value is -2.61. The molecule has 0 aliphatic carbocycles. The molecular weight excluding hydrogens is 445 g/mol. The van der Waals surface area contributed by atoms with Gasteiger partial charge in [0.05, 0.1) is 26.6 Å². The molecular formula is C21H15Cl2N3O3S. The third-order valence-corrected chi connectivity index (χ3v) is 7.78. The largest absolute Gasteiger partial charge is 0.299 e. The molecule has 0 spiro atoms. The molecule has 0 unspecified atom stereocenters. The molecule has 9 heteroatoms. The summed E-state index contributed by atoms with van der Waals surface area (Å²) < 4.78 is 30.1. The molecule has 0 N–H and O–H groups in total. The van der Waals surface area contributed by atoms with E-state index in [-0.39, 0.29) is 15.3 Å². The van der Waals surface area contributed by atoms with Gasteiger partial charge >= 0.3 is 0 Å². The minimum atomic E-state index is -3.98. The molecule has 1 aliphatic heterocycles. The van der Waals surface area contributed by atoms with Crippen molar-refractivity contribution < 1.29 is 8.42 Å². The van der Waals surface area contributed by atoms with Gasteiger partial charge in [0, 0.05) is 12.7 Å². The van der Waals surface area contributed by atoms with Crippen LogP contribution in [0.25, 0.3) is 16.6 Å². The lowest BCUT2D eigenvalue weighted by Gasteiger charge is -2.30. The number of hydrogen-bond donors (Lipinski definition) is 0. The Balaban J connectivity index is 1.76. The van der Waals surface area contributed by atoms with Crippen LogP contribution in [0.3, 0.4) is 0 Å². The van der Waals surface area contributed by atoms with Crippen molar-refractivity contribution in [3.8, 4) is 0 Å². The minimum Gasteiger partial charge on any atom is -0.299 e. The number of fused-ring (bicyclic) bond motifs is 4. The van der Waals surface area contributed by atoms with Gasteiger partial charge in [-0.1, -0.05) is 41.4 Å². The number of rotatable bonds is 2. The molecule has 6 nitrogen and oxygen atoms in total. The number of pyridine rings is 1. The summed E-state index contributed by atoms with van der Waals surface area (Å²) in [6, 6.07) is 13.4. The van der Waals surface area contributed by atoms with Crippen molar-refractivity contribution in [2.75, 3.05) is 10.8 Å². The van der Waals surface area contributed by atoms with E-state index in [1.165, 1.54) is 16.4 Å². The lowest BCUT2D eigenvalue weighted by Crippen LogP contribution is -2.35. The average molecular weight is 460 g/mol. The molecule has 2 aromatic carbocycles. The zero-order chi connectivity index (χ0) is 21.0. The molecule has 0 saturated carbocycles. The zero-order valence-electron chi connectivity index (χ0n) is 15.5. The highest BCUT2D eigenvalue weighted by Gasteiger charge is 2.31. The number of hydrogen-bond acceptors (Lipinski definition) is 4. The lowest BCUT2D eigenvalue weighted by atomic mass is 10.0. The maximum atomic E-state index is 13.5. The summed E-state index contributed by atoms with van der Waals surface area (Å²) in [5, 5.41) is 0.639. The highest BCUT2D eigenvalue weighted by molar-refractivity contribution is 7.93. The summed E-state index contributed by atoms with van der Waals surface area (Å²) in [6.45, 7) is 0.346. The Bertz CT molecular complexity index is 1500. The third-order valence-electron chi connectivity index (χ3n) is 5.28. The quantitative estimate of drug-likeness (QED) is 0.419. The number of aromatic nitrogens is 2. The third kappa shape index (κ3) is 2.96. The Morgan fingerprint density at radius 2 is 1.83 bits per heavy atom. The van der Waals surface area contributed by atoms with Gasteiger partial charge in [0.2, 0.25) is 0 Å². The second-order valence-corrected chi connectivity index (χ2v) is 9.78. The maximum absolute atomic E-state index is 13.5. The Morgan fingerprint density at radius 1 is 1.03 bits per heavy atom. The first-order valence-corrected chi connectivity index (χ1v) is 11.5. The highest BCUT2D eigenvalue weighted by atomic mass is 35.5. The second-order valence-electron chi connectivity index (χ2n) is 7.10. The Morgan fingerprint density at radius 3 is 2.67 bits per heavy atom. The van der Waals surface area contributed by atoms with E-state index in [9.17, 15) is 13.2 Å². The van der Waals surface area contributed by atoms with Gasteiger partial charge in [-0.15, -0.1) is 0 Å². The first-order valence-electron chi connectivity index (χ1n) is 9.28. The number of sulfonamides is 1. The van der Waals surface area contributed by atoms with Crippen molar-refractivity contribution in [3.63, 3.8) is 0 Å². The molecule has 30 heavy (non-hydrogen) atoms. The highest BCUT2D eigenvalue weighted by Crippen LogP contribution is 2.35. The molecule has 4 aromatic rings. The first-order chi connectivity index (χ1) is 14.4. The number of halogens is 2. The van der Waals surface area contributed by atoms with Crippen LogP contribution in [0.4, 0.5) is 5.69 Å². The standard InChI is InChI=1S/C21H15Cl2N3O3S/c22-14-7-8-20-24-21(27)15-10-19(16(23)11-18(15)25(20)12-14)30(28,29)26-9-3-5-13-4-1-2-6-17(13)26/h1-2,4,6-8,10-12H,3,5,9H2. The van der Waals surface area contributed by atoms with Crippen LogP contribution in [0.2, 0.25) is 10.0 Å². The molecule has 1 aliphatic rings. The van der Waals surface area contributed by atoms with Gasteiger partial charge in [-0.3, -0.25) is 13.5 Å². The summed E-state index contributed by atoms with van der Waals surface area (Å²) in [7, 11) is -3.98. The van der Waals surface area contributed by atoms with Gasteiger partial charge < -0.3 is 0 Å². The van der Waals surface area contributed by atoms with Crippen LogP contribution in [0.1, 0.15) is 12.0 Å². The van der Waals surface area contributed by atoms with Crippen LogP contribution < -0.4 is 9.86 Å². The number of para-hydroxylation sites is 1. The van der Waals surface area contributed by atoms with Gasteiger partial charge in [-0.2, -0.15) is 4.98 Å². The molecule has 0 saturated heterocycles. The van der Waals surface area contributed by atoms with Crippen LogP contribution in [-0.4, -0.2) is 24.3 Å². The summed E-state index contributed by atoms with van der Waals surface area (Å²) in [4.78, 5) is 16.6. The topological polar surface area (TPSA) is 71.8 Å². The van der Waals surface area contributed by atoms with E-state index >= 15 is 0 Å².